The van der Waals surface area contributed by atoms with Crippen LogP contribution < -0.4 is 10.1 Å². The van der Waals surface area contributed by atoms with Crippen LogP contribution in [0.15, 0.2) is 48.5 Å². The Bertz CT molecular complexity index is 974. The molecule has 3 N–H and O–H groups in total. The topological polar surface area (TPSA) is 130 Å². The van der Waals surface area contributed by atoms with Crippen molar-refractivity contribution < 1.29 is 32.4 Å². The zero-order valence-electron chi connectivity index (χ0n) is 16.6. The van der Waals surface area contributed by atoms with Crippen molar-refractivity contribution in [3.63, 3.8) is 0 Å². The third-order valence-electron chi connectivity index (χ3n) is 4.36. The van der Waals surface area contributed by atoms with Gasteiger partial charge in [-0.3, -0.25) is 9.35 Å². The van der Waals surface area contributed by atoms with Gasteiger partial charge in [0.25, 0.3) is 16.0 Å². The normalized spacial score (nSPS) is 12.2. The second kappa shape index (κ2) is 10.7. The summed E-state index contributed by atoms with van der Waals surface area (Å²) in [6.07, 6.45) is 1.21. The average molecular weight is 435 g/mol. The zero-order valence-corrected chi connectivity index (χ0v) is 17.4. The van der Waals surface area contributed by atoms with Crippen molar-refractivity contribution in [2.24, 2.45) is 0 Å². The van der Waals surface area contributed by atoms with Crippen LogP contribution in [0.4, 0.5) is 0 Å². The first-order valence-electron chi connectivity index (χ1n) is 9.53. The SMILES string of the molecule is CCCCOc1cccc(-c2ccccc2)c1C(=O)N[C@@H](CCS(=O)(=O)O)C(=O)O. The maximum absolute atomic E-state index is 13.1. The van der Waals surface area contributed by atoms with E-state index in [1.54, 1.807) is 18.2 Å². The third-order valence-corrected chi connectivity index (χ3v) is 5.11. The van der Waals surface area contributed by atoms with Gasteiger partial charge in [-0.2, -0.15) is 8.42 Å². The van der Waals surface area contributed by atoms with E-state index in [1.807, 2.05) is 37.3 Å². The Morgan fingerprint density at radius 2 is 1.80 bits per heavy atom. The van der Waals surface area contributed by atoms with Crippen LogP contribution in [0.1, 0.15) is 36.5 Å². The van der Waals surface area contributed by atoms with Gasteiger partial charge >= 0.3 is 5.97 Å². The lowest BCUT2D eigenvalue weighted by molar-refractivity contribution is -0.139. The molecule has 2 aromatic carbocycles. The van der Waals surface area contributed by atoms with E-state index in [2.05, 4.69) is 5.32 Å². The molecule has 2 rings (SSSR count). The number of amides is 1. The molecule has 0 aliphatic heterocycles. The molecule has 9 heteroatoms. The first kappa shape index (κ1) is 23.4. The molecule has 0 bridgehead atoms. The highest BCUT2D eigenvalue weighted by atomic mass is 32.2. The monoisotopic (exact) mass is 435 g/mol. The average Bonchev–Trinajstić information content (AvgIpc) is 2.70. The number of benzene rings is 2. The summed E-state index contributed by atoms with van der Waals surface area (Å²) in [5, 5.41) is 11.7. The Morgan fingerprint density at radius 1 is 1.10 bits per heavy atom. The smallest absolute Gasteiger partial charge is 0.326 e. The Hall–Kier alpha value is -2.91. The van der Waals surface area contributed by atoms with Crippen LogP contribution in [0.2, 0.25) is 0 Å². The molecule has 0 radical (unpaired) electrons. The van der Waals surface area contributed by atoms with Crippen LogP contribution in [0, 0.1) is 0 Å². The van der Waals surface area contributed by atoms with E-state index in [-0.39, 0.29) is 5.56 Å². The molecule has 0 fully saturated rings. The van der Waals surface area contributed by atoms with Gasteiger partial charge in [0.05, 0.1) is 17.9 Å². The van der Waals surface area contributed by atoms with Crippen molar-refractivity contribution >= 4 is 22.0 Å². The Morgan fingerprint density at radius 3 is 2.40 bits per heavy atom. The first-order chi connectivity index (χ1) is 14.2. The number of hydrogen-bond donors (Lipinski definition) is 3. The van der Waals surface area contributed by atoms with Crippen LogP contribution in [0.5, 0.6) is 5.75 Å². The van der Waals surface area contributed by atoms with Crippen molar-refractivity contribution in [3.05, 3.63) is 54.1 Å². The Kier molecular flexibility index (Phi) is 8.37. The molecule has 0 aliphatic carbocycles. The number of carbonyl (C=O) groups is 2. The molecule has 0 saturated carbocycles. The highest BCUT2D eigenvalue weighted by molar-refractivity contribution is 7.85. The number of carbonyl (C=O) groups excluding carboxylic acids is 1. The molecule has 30 heavy (non-hydrogen) atoms. The summed E-state index contributed by atoms with van der Waals surface area (Å²) in [6.45, 7) is 2.39. The van der Waals surface area contributed by atoms with Gasteiger partial charge in [0, 0.05) is 0 Å². The Labute approximate surface area is 175 Å². The van der Waals surface area contributed by atoms with Crippen molar-refractivity contribution in [2.75, 3.05) is 12.4 Å². The van der Waals surface area contributed by atoms with Crippen LogP contribution in [-0.4, -0.2) is 48.4 Å². The number of aliphatic carboxylic acids is 1. The van der Waals surface area contributed by atoms with Crippen LogP contribution in [-0.2, 0) is 14.9 Å². The van der Waals surface area contributed by atoms with E-state index < -0.39 is 40.2 Å². The van der Waals surface area contributed by atoms with E-state index in [1.165, 1.54) is 0 Å². The molecule has 0 aliphatic rings. The van der Waals surface area contributed by atoms with Crippen molar-refractivity contribution in [3.8, 4) is 16.9 Å². The highest BCUT2D eigenvalue weighted by Crippen LogP contribution is 2.31. The molecule has 2 aromatic rings. The summed E-state index contributed by atoms with van der Waals surface area (Å²) < 4.78 is 36.6. The number of rotatable bonds is 11. The second-order valence-electron chi connectivity index (χ2n) is 6.69. The first-order valence-corrected chi connectivity index (χ1v) is 11.1. The largest absolute Gasteiger partial charge is 0.493 e. The molecule has 162 valence electrons. The fourth-order valence-corrected chi connectivity index (χ4v) is 3.36. The van der Waals surface area contributed by atoms with E-state index >= 15 is 0 Å². The van der Waals surface area contributed by atoms with Gasteiger partial charge in [-0.05, 0) is 30.0 Å². The van der Waals surface area contributed by atoms with E-state index in [0.29, 0.717) is 17.9 Å². The van der Waals surface area contributed by atoms with E-state index in [4.69, 9.17) is 9.29 Å². The van der Waals surface area contributed by atoms with Crippen molar-refractivity contribution in [1.82, 2.24) is 5.32 Å². The van der Waals surface area contributed by atoms with E-state index in [9.17, 15) is 23.1 Å². The molecule has 0 heterocycles. The molecular weight excluding hydrogens is 410 g/mol. The van der Waals surface area contributed by atoms with Crippen LogP contribution in [0.25, 0.3) is 11.1 Å². The van der Waals surface area contributed by atoms with Gasteiger partial charge in [-0.1, -0.05) is 55.8 Å². The number of ether oxygens (including phenoxy) is 1. The number of carboxylic acids is 1. The van der Waals surface area contributed by atoms with Gasteiger partial charge in [0.2, 0.25) is 0 Å². The minimum Gasteiger partial charge on any atom is -0.493 e. The van der Waals surface area contributed by atoms with Gasteiger partial charge in [-0.15, -0.1) is 0 Å². The number of hydrogen-bond acceptors (Lipinski definition) is 5. The highest BCUT2D eigenvalue weighted by Gasteiger charge is 2.26. The lowest BCUT2D eigenvalue weighted by Gasteiger charge is -2.18. The molecule has 0 unspecified atom stereocenters. The predicted octanol–water partition coefficient (Wildman–Crippen LogP) is 2.99. The minimum atomic E-state index is -4.37. The summed E-state index contributed by atoms with van der Waals surface area (Å²) in [5.41, 5.74) is 1.47. The summed E-state index contributed by atoms with van der Waals surface area (Å²) >= 11 is 0. The lowest BCUT2D eigenvalue weighted by Crippen LogP contribution is -2.42. The number of unbranched alkanes of at least 4 members (excludes halogenated alkanes) is 1. The summed E-state index contributed by atoms with van der Waals surface area (Å²) in [5.74, 6) is -2.59. The van der Waals surface area contributed by atoms with Gasteiger partial charge in [-0.25, -0.2) is 4.79 Å². The van der Waals surface area contributed by atoms with Gasteiger partial charge in [0.15, 0.2) is 0 Å². The molecule has 1 amide bonds. The van der Waals surface area contributed by atoms with Crippen molar-refractivity contribution in [2.45, 2.75) is 32.2 Å². The van der Waals surface area contributed by atoms with Crippen molar-refractivity contribution in [1.29, 1.82) is 0 Å². The standard InChI is InChI=1S/C21H25NO7S/c1-2-3-13-29-18-11-7-10-16(15-8-5-4-6-9-15)19(18)20(23)22-17(21(24)25)12-14-30(26,27)28/h4-11,17H,2-3,12-14H2,1H3,(H,22,23)(H,24,25)(H,26,27,28)/t17-/m0/s1. The molecular formula is C21H25NO7S. The zero-order chi connectivity index (χ0) is 22.1. The molecule has 8 nitrogen and oxygen atoms in total. The van der Waals surface area contributed by atoms with E-state index in [0.717, 1.165) is 18.4 Å². The maximum Gasteiger partial charge on any atom is 0.326 e. The summed E-state index contributed by atoms with van der Waals surface area (Å²) in [4.78, 5) is 24.6. The summed E-state index contributed by atoms with van der Waals surface area (Å²) in [6, 6.07) is 12.7. The third kappa shape index (κ3) is 6.85. The molecule has 0 spiro atoms. The molecule has 1 atom stereocenters. The lowest BCUT2D eigenvalue weighted by atomic mass is 9.98. The fraction of sp³-hybridized carbons (Fsp3) is 0.333. The number of nitrogens with one attached hydrogen (secondary N) is 1. The molecule has 0 saturated heterocycles. The number of carboxylic acid groups (broad SMARTS) is 1. The predicted molar refractivity (Wildman–Crippen MR) is 112 cm³/mol. The fourth-order valence-electron chi connectivity index (χ4n) is 2.82. The van der Waals surface area contributed by atoms with Crippen LogP contribution in [0.3, 0.4) is 0 Å². The van der Waals surface area contributed by atoms with Crippen LogP contribution >= 0.6 is 0 Å². The van der Waals surface area contributed by atoms with Gasteiger partial charge in [0.1, 0.15) is 11.8 Å². The minimum absolute atomic E-state index is 0.165. The van der Waals surface area contributed by atoms with Gasteiger partial charge < -0.3 is 15.2 Å². The Balaban J connectivity index is 2.40. The maximum atomic E-state index is 13.1. The summed E-state index contributed by atoms with van der Waals surface area (Å²) in [7, 11) is -4.37. The molecule has 0 aromatic heterocycles. The quantitative estimate of drug-likeness (QED) is 0.365. The second-order valence-corrected chi connectivity index (χ2v) is 8.26.